The summed E-state index contributed by atoms with van der Waals surface area (Å²) >= 11 is 3.46. The van der Waals surface area contributed by atoms with Crippen LogP contribution in [0.15, 0.2) is 10.7 Å². The normalized spacial score (nSPS) is 18.6. The van der Waals surface area contributed by atoms with E-state index in [0.29, 0.717) is 17.9 Å². The minimum Gasteiger partial charge on any atom is -0.381 e. The lowest BCUT2D eigenvalue weighted by atomic mass is 9.93. The summed E-state index contributed by atoms with van der Waals surface area (Å²) in [5.41, 5.74) is 0. The zero-order valence-electron chi connectivity index (χ0n) is 11.8. The maximum absolute atomic E-state index is 5.41. The molecule has 1 unspecified atom stereocenters. The van der Waals surface area contributed by atoms with Crippen LogP contribution in [0, 0.1) is 5.92 Å². The first-order valence-electron chi connectivity index (χ1n) is 6.95. The molecule has 4 nitrogen and oxygen atoms in total. The molecule has 1 saturated heterocycles. The van der Waals surface area contributed by atoms with Crippen molar-refractivity contribution in [3.8, 4) is 0 Å². The molecule has 106 valence electrons. The van der Waals surface area contributed by atoms with Crippen molar-refractivity contribution in [1.29, 1.82) is 0 Å². The van der Waals surface area contributed by atoms with Crippen molar-refractivity contribution in [3.05, 3.63) is 16.5 Å². The van der Waals surface area contributed by atoms with Crippen LogP contribution in [0.25, 0.3) is 0 Å². The fourth-order valence-electron chi connectivity index (χ4n) is 2.33. The molecule has 0 spiro atoms. The van der Waals surface area contributed by atoms with Gasteiger partial charge in [0.1, 0.15) is 16.2 Å². The molecule has 0 aliphatic carbocycles. The third kappa shape index (κ3) is 4.14. The standard InChI is InChI=1S/C14H22BrN3O/c1-9(2)14-17-12(15)8-13(18-14)16-10(3)11-4-6-19-7-5-11/h8-11H,4-7H2,1-3H3,(H,16,17,18). The Morgan fingerprint density at radius 1 is 1.26 bits per heavy atom. The van der Waals surface area contributed by atoms with Crippen LogP contribution in [-0.2, 0) is 4.74 Å². The summed E-state index contributed by atoms with van der Waals surface area (Å²) in [5, 5.41) is 3.51. The summed E-state index contributed by atoms with van der Waals surface area (Å²) in [6.45, 7) is 8.19. The highest BCUT2D eigenvalue weighted by molar-refractivity contribution is 9.10. The molecule has 19 heavy (non-hydrogen) atoms. The Morgan fingerprint density at radius 3 is 2.58 bits per heavy atom. The number of ether oxygens (including phenoxy) is 1. The Balaban J connectivity index is 2.05. The lowest BCUT2D eigenvalue weighted by Gasteiger charge is -2.28. The molecule has 5 heteroatoms. The Bertz CT molecular complexity index is 419. The molecule has 1 aromatic rings. The van der Waals surface area contributed by atoms with Crippen molar-refractivity contribution in [2.24, 2.45) is 5.92 Å². The van der Waals surface area contributed by atoms with E-state index in [1.165, 1.54) is 0 Å². The fourth-order valence-corrected chi connectivity index (χ4v) is 2.73. The minimum absolute atomic E-state index is 0.330. The van der Waals surface area contributed by atoms with Crippen molar-refractivity contribution in [3.63, 3.8) is 0 Å². The number of nitrogens with zero attached hydrogens (tertiary/aromatic N) is 2. The molecule has 1 N–H and O–H groups in total. The summed E-state index contributed by atoms with van der Waals surface area (Å²) in [7, 11) is 0. The van der Waals surface area contributed by atoms with Crippen LogP contribution in [0.5, 0.6) is 0 Å². The average molecular weight is 328 g/mol. The smallest absolute Gasteiger partial charge is 0.134 e. The van der Waals surface area contributed by atoms with E-state index in [-0.39, 0.29) is 0 Å². The summed E-state index contributed by atoms with van der Waals surface area (Å²) in [5.74, 6) is 2.77. The second-order valence-electron chi connectivity index (χ2n) is 5.47. The lowest BCUT2D eigenvalue weighted by molar-refractivity contribution is 0.0622. The molecule has 1 aliphatic rings. The van der Waals surface area contributed by atoms with Gasteiger partial charge in [-0.2, -0.15) is 0 Å². The van der Waals surface area contributed by atoms with Gasteiger partial charge in [-0.15, -0.1) is 0 Å². The highest BCUT2D eigenvalue weighted by Gasteiger charge is 2.21. The van der Waals surface area contributed by atoms with Crippen molar-refractivity contribution in [2.75, 3.05) is 18.5 Å². The summed E-state index contributed by atoms with van der Waals surface area (Å²) in [4.78, 5) is 8.98. The van der Waals surface area contributed by atoms with Crippen molar-refractivity contribution >= 4 is 21.7 Å². The van der Waals surface area contributed by atoms with Gasteiger partial charge in [0.25, 0.3) is 0 Å². The average Bonchev–Trinajstić information content (AvgIpc) is 2.39. The summed E-state index contributed by atoms with van der Waals surface area (Å²) in [6.07, 6.45) is 2.24. The second-order valence-corrected chi connectivity index (χ2v) is 6.28. The van der Waals surface area contributed by atoms with Crippen LogP contribution in [0.1, 0.15) is 45.4 Å². The number of anilines is 1. The monoisotopic (exact) mass is 327 g/mol. The zero-order valence-corrected chi connectivity index (χ0v) is 13.4. The van der Waals surface area contributed by atoms with Gasteiger partial charge in [-0.05, 0) is 41.6 Å². The molecule has 1 atom stereocenters. The topological polar surface area (TPSA) is 47.0 Å². The number of nitrogens with one attached hydrogen (secondary N) is 1. The van der Waals surface area contributed by atoms with E-state index >= 15 is 0 Å². The largest absolute Gasteiger partial charge is 0.381 e. The maximum atomic E-state index is 5.41. The first-order chi connectivity index (χ1) is 9.06. The molecule has 1 aliphatic heterocycles. The number of rotatable bonds is 4. The molecule has 1 fully saturated rings. The molecular formula is C14H22BrN3O. The predicted molar refractivity (Wildman–Crippen MR) is 80.4 cm³/mol. The van der Waals surface area contributed by atoms with E-state index in [4.69, 9.17) is 4.74 Å². The van der Waals surface area contributed by atoms with Crippen LogP contribution in [0.4, 0.5) is 5.82 Å². The number of aromatic nitrogens is 2. The SMILES string of the molecule is CC(C)c1nc(Br)cc(NC(C)C2CCOCC2)n1. The minimum atomic E-state index is 0.330. The van der Waals surface area contributed by atoms with Gasteiger partial charge in [0.05, 0.1) is 0 Å². The Hall–Kier alpha value is -0.680. The highest BCUT2D eigenvalue weighted by Crippen LogP contribution is 2.23. The molecule has 0 amide bonds. The van der Waals surface area contributed by atoms with Crippen molar-refractivity contribution in [2.45, 2.75) is 45.6 Å². The Morgan fingerprint density at radius 2 is 1.95 bits per heavy atom. The number of hydrogen-bond donors (Lipinski definition) is 1. The molecule has 0 saturated carbocycles. The third-order valence-corrected chi connectivity index (χ3v) is 3.98. The van der Waals surface area contributed by atoms with Gasteiger partial charge < -0.3 is 10.1 Å². The van der Waals surface area contributed by atoms with Crippen LogP contribution in [0.3, 0.4) is 0 Å². The van der Waals surface area contributed by atoms with E-state index in [9.17, 15) is 0 Å². The number of halogens is 1. The zero-order chi connectivity index (χ0) is 13.8. The van der Waals surface area contributed by atoms with Crippen LogP contribution in [0.2, 0.25) is 0 Å². The van der Waals surface area contributed by atoms with Crippen LogP contribution < -0.4 is 5.32 Å². The Kier molecular flexibility index (Phi) is 5.16. The number of hydrogen-bond acceptors (Lipinski definition) is 4. The quantitative estimate of drug-likeness (QED) is 0.858. The maximum Gasteiger partial charge on any atom is 0.134 e. The molecule has 1 aromatic heterocycles. The highest BCUT2D eigenvalue weighted by atomic mass is 79.9. The first-order valence-corrected chi connectivity index (χ1v) is 7.74. The molecule has 0 aromatic carbocycles. The predicted octanol–water partition coefficient (Wildman–Crippen LogP) is 3.59. The van der Waals surface area contributed by atoms with Gasteiger partial charge in [0.2, 0.25) is 0 Å². The van der Waals surface area contributed by atoms with E-state index in [0.717, 1.165) is 42.3 Å². The van der Waals surface area contributed by atoms with Crippen LogP contribution in [-0.4, -0.2) is 29.2 Å². The summed E-state index contributed by atoms with van der Waals surface area (Å²) < 4.78 is 6.25. The summed E-state index contributed by atoms with van der Waals surface area (Å²) in [6, 6.07) is 2.35. The van der Waals surface area contributed by atoms with Gasteiger partial charge in [0.15, 0.2) is 0 Å². The lowest BCUT2D eigenvalue weighted by Crippen LogP contribution is -2.31. The van der Waals surface area contributed by atoms with E-state index in [2.05, 4.69) is 52.0 Å². The third-order valence-electron chi connectivity index (χ3n) is 3.58. The van der Waals surface area contributed by atoms with Gasteiger partial charge >= 0.3 is 0 Å². The van der Waals surface area contributed by atoms with Crippen molar-refractivity contribution in [1.82, 2.24) is 9.97 Å². The van der Waals surface area contributed by atoms with Gasteiger partial charge in [-0.3, -0.25) is 0 Å². The van der Waals surface area contributed by atoms with Crippen LogP contribution >= 0.6 is 15.9 Å². The van der Waals surface area contributed by atoms with E-state index in [1.54, 1.807) is 0 Å². The second kappa shape index (κ2) is 6.66. The molecule has 2 rings (SSSR count). The van der Waals surface area contributed by atoms with Gasteiger partial charge in [-0.25, -0.2) is 9.97 Å². The van der Waals surface area contributed by atoms with Gasteiger partial charge in [0, 0.05) is 31.2 Å². The first kappa shape index (κ1) is 14.7. The van der Waals surface area contributed by atoms with E-state index < -0.39 is 0 Å². The van der Waals surface area contributed by atoms with Crippen molar-refractivity contribution < 1.29 is 4.74 Å². The molecule has 0 radical (unpaired) electrons. The Labute approximate surface area is 123 Å². The fraction of sp³-hybridized carbons (Fsp3) is 0.714. The van der Waals surface area contributed by atoms with E-state index in [1.807, 2.05) is 6.07 Å². The molecule has 2 heterocycles. The van der Waals surface area contributed by atoms with Gasteiger partial charge in [-0.1, -0.05) is 13.8 Å². The molecular weight excluding hydrogens is 306 g/mol. The molecule has 0 bridgehead atoms.